The molecule has 1 fully saturated rings. The van der Waals surface area contributed by atoms with Crippen molar-refractivity contribution in [1.29, 1.82) is 0 Å². The Labute approximate surface area is 246 Å². The zero-order chi connectivity index (χ0) is 32.6. The molecule has 13 nitrogen and oxygen atoms in total. The molecular formula is C24H27F6N5O8S. The number of alkyl halides is 6. The van der Waals surface area contributed by atoms with Gasteiger partial charge in [-0.1, -0.05) is 0 Å². The summed E-state index contributed by atoms with van der Waals surface area (Å²) >= 11 is 0. The molecule has 0 bridgehead atoms. The fraction of sp³-hybridized carbons (Fsp3) is 0.542. The van der Waals surface area contributed by atoms with E-state index < -0.39 is 89.1 Å². The summed E-state index contributed by atoms with van der Waals surface area (Å²) in [5.41, 5.74) is -3.39. The summed E-state index contributed by atoms with van der Waals surface area (Å²) in [6.45, 7) is -4.01. The third-order valence-electron chi connectivity index (χ3n) is 6.49. The van der Waals surface area contributed by atoms with Crippen LogP contribution in [0.1, 0.15) is 26.8 Å². The van der Waals surface area contributed by atoms with Crippen LogP contribution in [0.4, 0.5) is 42.5 Å². The highest BCUT2D eigenvalue weighted by atomic mass is 32.2. The molecule has 2 heterocycles. The molecule has 0 saturated heterocycles. The predicted molar refractivity (Wildman–Crippen MR) is 138 cm³/mol. The molecule has 0 spiro atoms. The smallest absolute Gasteiger partial charge is 0.427 e. The minimum Gasteiger partial charge on any atom is -0.484 e. The minimum atomic E-state index is -4.91. The van der Waals surface area contributed by atoms with E-state index in [9.17, 15) is 44.3 Å². The zero-order valence-corrected chi connectivity index (χ0v) is 23.8. The lowest BCUT2D eigenvalue weighted by atomic mass is 10.1. The predicted octanol–water partition coefficient (Wildman–Crippen LogP) is 2.97. The Hall–Kier alpha value is -3.94. The van der Waals surface area contributed by atoms with E-state index in [1.54, 1.807) is 0 Å². The minimum absolute atomic E-state index is 0.0120. The lowest BCUT2D eigenvalue weighted by Gasteiger charge is -2.35. The molecule has 2 aliphatic rings. The number of aliphatic hydroxyl groups excluding tert-OH is 1. The van der Waals surface area contributed by atoms with Gasteiger partial charge in [-0.3, -0.25) is 14.4 Å². The Morgan fingerprint density at radius 3 is 2.52 bits per heavy atom. The fourth-order valence-corrected chi connectivity index (χ4v) is 5.50. The van der Waals surface area contributed by atoms with Crippen LogP contribution in [0.3, 0.4) is 0 Å². The van der Waals surface area contributed by atoms with Crippen molar-refractivity contribution < 1.29 is 63.7 Å². The van der Waals surface area contributed by atoms with Crippen LogP contribution in [0.15, 0.2) is 29.3 Å². The van der Waals surface area contributed by atoms with Crippen molar-refractivity contribution in [3.05, 3.63) is 24.4 Å². The Morgan fingerprint density at radius 2 is 1.93 bits per heavy atom. The second kappa shape index (κ2) is 12.2. The van der Waals surface area contributed by atoms with Crippen LogP contribution in [0, 0.1) is 5.92 Å². The Kier molecular flexibility index (Phi) is 9.15. The molecule has 4 rings (SSSR count). The number of amides is 2. The molecule has 20 heteroatoms. The standard InChI is InChI=1S/C24H27F6N5O8S/c1-23(2,24(28,29)30)43-22(38)32-12-3-4-17-16(7-12)35(10-13(42-17)9-31-19(37)14-8-15(14)25)44(39,40)18-11-34(21(26)27)33-20(18)41-6-5-36/h3-4,7,11,13-15,21,36H,5-6,8-10H2,1-2H3,(H,31,37)(H,32,38)/t13-,14-,15+/m0/s1. The molecule has 1 aromatic carbocycles. The third-order valence-corrected chi connectivity index (χ3v) is 8.25. The third kappa shape index (κ3) is 7.06. The van der Waals surface area contributed by atoms with E-state index in [2.05, 4.69) is 20.5 Å². The second-order valence-electron chi connectivity index (χ2n) is 10.2. The van der Waals surface area contributed by atoms with E-state index in [1.165, 1.54) is 6.07 Å². The average molecular weight is 660 g/mol. The van der Waals surface area contributed by atoms with E-state index >= 15 is 0 Å². The van der Waals surface area contributed by atoms with E-state index in [1.807, 2.05) is 0 Å². The lowest BCUT2D eigenvalue weighted by molar-refractivity contribution is -0.242. The first kappa shape index (κ1) is 33.0. The van der Waals surface area contributed by atoms with Crippen LogP contribution < -0.4 is 24.4 Å². The van der Waals surface area contributed by atoms with Gasteiger partial charge in [0.15, 0.2) is 4.90 Å². The van der Waals surface area contributed by atoms with Gasteiger partial charge in [0.1, 0.15) is 24.6 Å². The highest BCUT2D eigenvalue weighted by Crippen LogP contribution is 2.41. The maximum absolute atomic E-state index is 13.9. The molecule has 44 heavy (non-hydrogen) atoms. The molecule has 3 N–H and O–H groups in total. The molecule has 3 atom stereocenters. The van der Waals surface area contributed by atoms with Crippen LogP contribution >= 0.6 is 0 Å². The summed E-state index contributed by atoms with van der Waals surface area (Å²) < 4.78 is 123. The van der Waals surface area contributed by atoms with Crippen molar-refractivity contribution in [2.24, 2.45) is 5.92 Å². The molecule has 2 aromatic rings. The number of aliphatic hydroxyl groups is 1. The molecule has 1 saturated carbocycles. The van der Waals surface area contributed by atoms with Gasteiger partial charge in [0.2, 0.25) is 11.5 Å². The first-order chi connectivity index (χ1) is 20.4. The number of carbonyl (C=O) groups excluding carboxylic acids is 2. The number of hydrogen-bond donors (Lipinski definition) is 3. The second-order valence-corrected chi connectivity index (χ2v) is 12.0. The van der Waals surface area contributed by atoms with Crippen LogP contribution in [-0.4, -0.2) is 85.7 Å². The van der Waals surface area contributed by atoms with Gasteiger partial charge in [-0.25, -0.2) is 22.3 Å². The Morgan fingerprint density at radius 1 is 1.25 bits per heavy atom. The van der Waals surface area contributed by atoms with Crippen molar-refractivity contribution >= 4 is 33.4 Å². The molecule has 0 radical (unpaired) electrons. The summed E-state index contributed by atoms with van der Waals surface area (Å²) in [4.78, 5) is 23.6. The van der Waals surface area contributed by atoms with Gasteiger partial charge in [-0.2, -0.15) is 22.0 Å². The van der Waals surface area contributed by atoms with Crippen molar-refractivity contribution in [3.8, 4) is 11.6 Å². The largest absolute Gasteiger partial charge is 0.484 e. The van der Waals surface area contributed by atoms with Crippen molar-refractivity contribution in [2.75, 3.05) is 35.9 Å². The zero-order valence-electron chi connectivity index (χ0n) is 23.0. The monoisotopic (exact) mass is 659 g/mol. The number of halogens is 6. The van der Waals surface area contributed by atoms with Gasteiger partial charge in [0.25, 0.3) is 15.9 Å². The highest BCUT2D eigenvalue weighted by molar-refractivity contribution is 7.93. The normalized spacial score (nSPS) is 20.0. The Balaban J connectivity index is 1.68. The average Bonchev–Trinajstić information content (AvgIpc) is 3.49. The van der Waals surface area contributed by atoms with Gasteiger partial charge >= 0.3 is 18.8 Å². The molecule has 1 aliphatic heterocycles. The number of ether oxygens (including phenoxy) is 3. The number of aromatic nitrogens is 2. The van der Waals surface area contributed by atoms with E-state index in [-0.39, 0.29) is 34.8 Å². The summed E-state index contributed by atoms with van der Waals surface area (Å²) in [5, 5.41) is 17.0. The van der Waals surface area contributed by atoms with Crippen LogP contribution in [0.5, 0.6) is 11.6 Å². The number of rotatable bonds is 11. The maximum Gasteiger partial charge on any atom is 0.427 e. The first-order valence-electron chi connectivity index (χ1n) is 12.9. The number of carbonyl (C=O) groups is 2. The number of nitrogens with one attached hydrogen (secondary N) is 2. The number of fused-ring (bicyclic) bond motifs is 1. The Bertz CT molecular complexity index is 1500. The molecule has 1 aromatic heterocycles. The number of hydrogen-bond acceptors (Lipinski definition) is 9. The van der Waals surface area contributed by atoms with Gasteiger partial charge in [-0.05, 0) is 38.5 Å². The van der Waals surface area contributed by atoms with E-state index in [0.717, 1.165) is 12.1 Å². The summed E-state index contributed by atoms with van der Waals surface area (Å²) in [6, 6.07) is 3.35. The van der Waals surface area contributed by atoms with Crippen LogP contribution in [-0.2, 0) is 19.6 Å². The van der Waals surface area contributed by atoms with E-state index in [0.29, 0.717) is 24.3 Å². The topological polar surface area (TPSA) is 161 Å². The van der Waals surface area contributed by atoms with Crippen molar-refractivity contribution in [3.63, 3.8) is 0 Å². The van der Waals surface area contributed by atoms with Gasteiger partial charge in [0, 0.05) is 5.69 Å². The van der Waals surface area contributed by atoms with E-state index in [4.69, 9.17) is 14.6 Å². The van der Waals surface area contributed by atoms with Crippen molar-refractivity contribution in [1.82, 2.24) is 15.1 Å². The van der Waals surface area contributed by atoms with Gasteiger partial charge in [-0.15, -0.1) is 5.10 Å². The molecule has 2 amide bonds. The first-order valence-corrected chi connectivity index (χ1v) is 14.3. The number of sulfonamides is 1. The van der Waals surface area contributed by atoms with Crippen molar-refractivity contribution in [2.45, 2.75) is 55.8 Å². The van der Waals surface area contributed by atoms with Crippen LogP contribution in [0.2, 0.25) is 0 Å². The summed E-state index contributed by atoms with van der Waals surface area (Å²) in [6.07, 6.45) is -8.31. The molecule has 1 aliphatic carbocycles. The van der Waals surface area contributed by atoms with Gasteiger partial charge < -0.3 is 24.6 Å². The fourth-order valence-electron chi connectivity index (χ4n) is 3.93. The molecule has 244 valence electrons. The summed E-state index contributed by atoms with van der Waals surface area (Å²) in [5.74, 6) is -2.40. The number of anilines is 2. The number of benzene rings is 1. The SMILES string of the molecule is CC(C)(OC(=O)Nc1ccc2c(c1)N(S(=O)(=O)c1cn(C(F)F)nc1OCCO)C[C@H](CNC(=O)[C@H]1C[C@H]1F)O2)C(F)(F)F. The molecule has 0 unspecified atom stereocenters. The summed E-state index contributed by atoms with van der Waals surface area (Å²) in [7, 11) is -4.86. The number of nitrogens with zero attached hydrogens (tertiary/aromatic N) is 3. The highest BCUT2D eigenvalue weighted by Gasteiger charge is 2.51. The molecular weight excluding hydrogens is 632 g/mol. The van der Waals surface area contributed by atoms with Crippen LogP contribution in [0.25, 0.3) is 0 Å². The van der Waals surface area contributed by atoms with Gasteiger partial charge in [0.05, 0.1) is 37.5 Å². The lowest BCUT2D eigenvalue weighted by Crippen LogP contribution is -2.48. The maximum atomic E-state index is 13.9. The quantitative estimate of drug-likeness (QED) is 0.308.